The Labute approximate surface area is 115 Å². The number of aryl methyl sites for hydroxylation is 1. The largest absolute Gasteiger partial charge is 0.472 e. The second-order valence-electron chi connectivity index (χ2n) is 3.76. The van der Waals surface area contributed by atoms with Crippen LogP contribution in [0.25, 0.3) is 0 Å². The lowest BCUT2D eigenvalue weighted by atomic mass is 10.1. The molecule has 2 rings (SSSR count). The number of benzene rings is 1. The highest BCUT2D eigenvalue weighted by molar-refractivity contribution is 9.10. The van der Waals surface area contributed by atoms with Gasteiger partial charge in [-0.25, -0.2) is 0 Å². The first-order chi connectivity index (χ1) is 8.70. The highest BCUT2D eigenvalue weighted by Gasteiger charge is 2.07. The Balaban J connectivity index is 2.19. The summed E-state index contributed by atoms with van der Waals surface area (Å²) >= 11 is 3.52. The van der Waals surface area contributed by atoms with Crippen LogP contribution >= 0.6 is 15.9 Å². The first-order valence-corrected chi connectivity index (χ1v) is 6.32. The summed E-state index contributed by atoms with van der Waals surface area (Å²) in [5, 5.41) is 4.17. The van der Waals surface area contributed by atoms with Crippen LogP contribution in [0.2, 0.25) is 0 Å². The van der Waals surface area contributed by atoms with Crippen molar-refractivity contribution in [1.82, 2.24) is 9.78 Å². The average Bonchev–Trinajstić information content (AvgIpc) is 2.75. The molecule has 0 aliphatic rings. The van der Waals surface area contributed by atoms with Crippen molar-refractivity contribution in [3.8, 4) is 17.7 Å². The Morgan fingerprint density at radius 1 is 1.39 bits per heavy atom. The van der Waals surface area contributed by atoms with E-state index in [0.29, 0.717) is 12.5 Å². The van der Waals surface area contributed by atoms with Crippen molar-refractivity contribution in [2.45, 2.75) is 13.5 Å². The molecule has 0 atom stereocenters. The topological polar surface area (TPSA) is 27.1 Å². The van der Waals surface area contributed by atoms with E-state index >= 15 is 0 Å². The third-order valence-electron chi connectivity index (χ3n) is 2.43. The van der Waals surface area contributed by atoms with Crippen molar-refractivity contribution < 1.29 is 4.74 Å². The summed E-state index contributed by atoms with van der Waals surface area (Å²) in [6.07, 6.45) is 1.85. The van der Waals surface area contributed by atoms with Crippen molar-refractivity contribution in [3.63, 3.8) is 0 Å². The van der Waals surface area contributed by atoms with E-state index in [2.05, 4.69) is 32.9 Å². The molecule has 1 aromatic carbocycles. The maximum absolute atomic E-state index is 5.65. The van der Waals surface area contributed by atoms with E-state index in [0.717, 1.165) is 15.6 Å². The van der Waals surface area contributed by atoms with Crippen LogP contribution in [0.1, 0.15) is 18.1 Å². The molecule has 3 nitrogen and oxygen atoms in total. The van der Waals surface area contributed by atoms with Gasteiger partial charge in [-0.05, 0) is 19.1 Å². The van der Waals surface area contributed by atoms with E-state index in [-0.39, 0.29) is 0 Å². The molecule has 0 bridgehead atoms. The molecule has 0 saturated carbocycles. The Morgan fingerprint density at radius 3 is 2.89 bits per heavy atom. The summed E-state index contributed by atoms with van der Waals surface area (Å²) in [7, 11) is 1.86. The highest BCUT2D eigenvalue weighted by Crippen LogP contribution is 2.22. The summed E-state index contributed by atoms with van der Waals surface area (Å²) in [6.45, 7) is 2.27. The second kappa shape index (κ2) is 5.74. The number of halogens is 1. The van der Waals surface area contributed by atoms with Crippen LogP contribution in [0, 0.1) is 11.8 Å². The Kier molecular flexibility index (Phi) is 4.06. The van der Waals surface area contributed by atoms with Crippen molar-refractivity contribution in [3.05, 3.63) is 46.1 Å². The zero-order valence-corrected chi connectivity index (χ0v) is 11.9. The van der Waals surface area contributed by atoms with Crippen LogP contribution in [0.3, 0.4) is 0 Å². The van der Waals surface area contributed by atoms with Crippen LogP contribution in [-0.4, -0.2) is 9.78 Å². The molecule has 0 radical (unpaired) electrons. The minimum absolute atomic E-state index is 0.447. The molecule has 0 saturated heterocycles. The van der Waals surface area contributed by atoms with Crippen molar-refractivity contribution >= 4 is 15.9 Å². The zero-order valence-electron chi connectivity index (χ0n) is 10.3. The van der Waals surface area contributed by atoms with Crippen LogP contribution in [0.15, 0.2) is 34.9 Å². The van der Waals surface area contributed by atoms with E-state index in [1.807, 2.05) is 44.4 Å². The number of nitrogens with zero attached hydrogens (tertiary/aromatic N) is 2. The zero-order chi connectivity index (χ0) is 13.0. The average molecular weight is 305 g/mol. The molecular weight excluding hydrogens is 292 g/mol. The molecule has 0 unspecified atom stereocenters. The Bertz CT molecular complexity index is 608. The molecule has 1 heterocycles. The predicted molar refractivity (Wildman–Crippen MR) is 74.2 cm³/mol. The van der Waals surface area contributed by atoms with Crippen LogP contribution < -0.4 is 4.74 Å². The third-order valence-corrected chi connectivity index (χ3v) is 3.18. The quantitative estimate of drug-likeness (QED) is 0.815. The van der Waals surface area contributed by atoms with Gasteiger partial charge in [-0.3, -0.25) is 4.68 Å². The molecule has 1 aromatic heterocycles. The van der Waals surface area contributed by atoms with E-state index in [1.54, 1.807) is 4.68 Å². The van der Waals surface area contributed by atoms with Gasteiger partial charge in [0.15, 0.2) is 0 Å². The number of hydrogen-bond acceptors (Lipinski definition) is 2. The molecule has 92 valence electrons. The summed E-state index contributed by atoms with van der Waals surface area (Å²) in [5.41, 5.74) is 2.01. The highest BCUT2D eigenvalue weighted by atomic mass is 79.9. The molecule has 4 heteroatoms. The fourth-order valence-electron chi connectivity index (χ4n) is 1.57. The van der Waals surface area contributed by atoms with E-state index in [9.17, 15) is 0 Å². The molecule has 2 aromatic rings. The monoisotopic (exact) mass is 304 g/mol. The van der Waals surface area contributed by atoms with Crippen molar-refractivity contribution in [2.24, 2.45) is 7.05 Å². The van der Waals surface area contributed by atoms with E-state index < -0.39 is 0 Å². The normalized spacial score (nSPS) is 9.72. The van der Waals surface area contributed by atoms with Gasteiger partial charge in [0.05, 0.1) is 0 Å². The number of hydrogen-bond donors (Lipinski definition) is 0. The Morgan fingerprint density at radius 2 is 2.22 bits per heavy atom. The standard InChI is InChI=1S/C14H13BrN2O/c1-3-5-11-6-4-7-13(15)12(11)10-18-14-8-9-17(2)16-14/h4,6-9H,10H2,1-2H3. The number of ether oxygens (including phenoxy) is 1. The first kappa shape index (κ1) is 12.7. The second-order valence-corrected chi connectivity index (χ2v) is 4.61. The molecule has 18 heavy (non-hydrogen) atoms. The molecule has 0 aliphatic carbocycles. The smallest absolute Gasteiger partial charge is 0.233 e. The van der Waals surface area contributed by atoms with E-state index in [4.69, 9.17) is 4.74 Å². The fourth-order valence-corrected chi connectivity index (χ4v) is 2.05. The van der Waals surface area contributed by atoms with Gasteiger partial charge in [0.25, 0.3) is 0 Å². The van der Waals surface area contributed by atoms with Crippen molar-refractivity contribution in [2.75, 3.05) is 0 Å². The van der Waals surface area contributed by atoms with Gasteiger partial charge in [0, 0.05) is 34.9 Å². The molecule has 0 N–H and O–H groups in total. The lowest BCUT2D eigenvalue weighted by Crippen LogP contribution is -2.00. The Hall–Kier alpha value is -1.73. The van der Waals surface area contributed by atoms with Crippen LogP contribution in [0.5, 0.6) is 5.88 Å². The van der Waals surface area contributed by atoms with Gasteiger partial charge in [0.2, 0.25) is 5.88 Å². The van der Waals surface area contributed by atoms with Crippen LogP contribution in [-0.2, 0) is 13.7 Å². The molecule has 0 amide bonds. The molecule has 0 spiro atoms. The SMILES string of the molecule is CC#Cc1cccc(Br)c1COc1ccn(C)n1. The minimum Gasteiger partial charge on any atom is -0.472 e. The number of rotatable bonds is 3. The predicted octanol–water partition coefficient (Wildman–Crippen LogP) is 3.13. The first-order valence-electron chi connectivity index (χ1n) is 5.53. The summed E-state index contributed by atoms with van der Waals surface area (Å²) in [6, 6.07) is 7.77. The van der Waals surface area contributed by atoms with Crippen LogP contribution in [0.4, 0.5) is 0 Å². The minimum atomic E-state index is 0.447. The summed E-state index contributed by atoms with van der Waals surface area (Å²) in [4.78, 5) is 0. The molecule has 0 aliphatic heterocycles. The van der Waals surface area contributed by atoms with E-state index in [1.165, 1.54) is 0 Å². The van der Waals surface area contributed by atoms with Gasteiger partial charge in [-0.2, -0.15) is 0 Å². The van der Waals surface area contributed by atoms with Gasteiger partial charge in [-0.1, -0.05) is 27.9 Å². The summed E-state index contributed by atoms with van der Waals surface area (Å²) in [5.74, 6) is 6.60. The van der Waals surface area contributed by atoms with Gasteiger partial charge in [-0.15, -0.1) is 11.0 Å². The van der Waals surface area contributed by atoms with Gasteiger partial charge < -0.3 is 4.74 Å². The lowest BCUT2D eigenvalue weighted by molar-refractivity contribution is 0.290. The molecule has 0 fully saturated rings. The van der Waals surface area contributed by atoms with Gasteiger partial charge in [0.1, 0.15) is 6.61 Å². The molecular formula is C14H13BrN2O. The van der Waals surface area contributed by atoms with Crippen molar-refractivity contribution in [1.29, 1.82) is 0 Å². The number of aromatic nitrogens is 2. The third kappa shape index (κ3) is 2.93. The maximum atomic E-state index is 5.65. The fraction of sp³-hybridized carbons (Fsp3) is 0.214. The summed E-state index contributed by atoms with van der Waals surface area (Å²) < 4.78 is 8.36. The van der Waals surface area contributed by atoms with Gasteiger partial charge >= 0.3 is 0 Å². The maximum Gasteiger partial charge on any atom is 0.233 e. The lowest BCUT2D eigenvalue weighted by Gasteiger charge is -2.08.